The van der Waals surface area contributed by atoms with Crippen molar-refractivity contribution in [2.24, 2.45) is 5.16 Å². The second kappa shape index (κ2) is 7.69. The van der Waals surface area contributed by atoms with Crippen LogP contribution < -0.4 is 5.32 Å². The summed E-state index contributed by atoms with van der Waals surface area (Å²) in [7, 11) is 0. The number of hydrogen-bond donors (Lipinski definition) is 3. The van der Waals surface area contributed by atoms with Gasteiger partial charge in [-0.15, -0.1) is 0 Å². The molecule has 1 aliphatic rings. The number of phenols is 1. The zero-order valence-electron chi connectivity index (χ0n) is 10.8. The molecule has 3 N–H and O–H groups in total. The van der Waals surface area contributed by atoms with Crippen LogP contribution in [0.15, 0.2) is 29.4 Å². The molecule has 1 saturated heterocycles. The minimum atomic E-state index is -0.296. The number of nitrogens with one attached hydrogen (secondary N) is 1. The van der Waals surface area contributed by atoms with Gasteiger partial charge < -0.3 is 0 Å². The topological polar surface area (TPSA) is 81.9 Å². The molecule has 1 unspecified atom stereocenters. The molecule has 0 aliphatic carbocycles. The Morgan fingerprint density at radius 3 is 2.70 bits per heavy atom. The van der Waals surface area contributed by atoms with E-state index in [2.05, 4.69) is 10.5 Å². The van der Waals surface area contributed by atoms with Crippen molar-refractivity contribution < 1.29 is 15.1 Å². The summed E-state index contributed by atoms with van der Waals surface area (Å²) >= 11 is 1.46. The fourth-order valence-electron chi connectivity index (χ4n) is 1.81. The van der Waals surface area contributed by atoms with Crippen LogP contribution in [-0.4, -0.2) is 54.2 Å². The van der Waals surface area contributed by atoms with Crippen LogP contribution in [0.1, 0.15) is 12.0 Å². The van der Waals surface area contributed by atoms with E-state index in [-0.39, 0.29) is 29.8 Å². The van der Waals surface area contributed by atoms with Crippen molar-refractivity contribution in [3.63, 3.8) is 0 Å². The number of aromatic hydroxyl groups is 1. The van der Waals surface area contributed by atoms with E-state index in [0.29, 0.717) is 13.1 Å². The maximum absolute atomic E-state index is 12.1. The van der Waals surface area contributed by atoms with E-state index in [1.54, 1.807) is 24.3 Å². The average molecular weight is 406 g/mol. The van der Waals surface area contributed by atoms with Crippen molar-refractivity contribution >= 4 is 37.9 Å². The molecule has 1 aromatic rings. The molecule has 108 valence electrons. The molecular weight excluding hydrogens is 390 g/mol. The summed E-state index contributed by atoms with van der Waals surface area (Å²) in [4.78, 5) is 12.1. The van der Waals surface area contributed by atoms with E-state index in [0.717, 1.165) is 30.4 Å². The third kappa shape index (κ3) is 4.53. The number of rotatable bonds is 4. The summed E-state index contributed by atoms with van der Waals surface area (Å²) in [6, 6.07) is 6.75. The third-order valence-electron chi connectivity index (χ3n) is 2.93. The van der Waals surface area contributed by atoms with Gasteiger partial charge in [-0.3, -0.25) is 0 Å². The Morgan fingerprint density at radius 1 is 1.35 bits per heavy atom. The Bertz CT molecular complexity index is 485. The fourth-order valence-corrected chi connectivity index (χ4v) is 9.10. The van der Waals surface area contributed by atoms with Crippen molar-refractivity contribution in [1.29, 1.82) is 0 Å². The molecule has 0 saturated carbocycles. The number of carbonyl (C=O) groups is 1. The summed E-state index contributed by atoms with van der Waals surface area (Å²) in [6.07, 6.45) is 1.29. The number of oxime groups is 1. The first-order valence-electron chi connectivity index (χ1n) is 6.23. The van der Waals surface area contributed by atoms with Gasteiger partial charge in [0.25, 0.3) is 0 Å². The minimum absolute atomic E-state index is 0.110. The number of carbonyl (C=O) groups excluding carboxylic acids is 1. The normalized spacial score (nSPS) is 19.6. The van der Waals surface area contributed by atoms with Crippen LogP contribution in [-0.2, 0) is 11.2 Å². The molecule has 0 spiro atoms. The van der Waals surface area contributed by atoms with Crippen LogP contribution in [0, 0.1) is 0 Å². The molecular formula is C13H16N2O3Se2. The van der Waals surface area contributed by atoms with E-state index in [1.807, 2.05) is 0 Å². The first kappa shape index (κ1) is 15.4. The number of phenolic OH excluding ortho intramolecular Hbond substituents is 1. The van der Waals surface area contributed by atoms with E-state index < -0.39 is 0 Å². The van der Waals surface area contributed by atoms with E-state index in [9.17, 15) is 9.90 Å². The summed E-state index contributed by atoms with van der Waals surface area (Å²) in [5.74, 6) is -0.122. The maximum atomic E-state index is 12.1. The van der Waals surface area contributed by atoms with Gasteiger partial charge in [0, 0.05) is 0 Å². The summed E-state index contributed by atoms with van der Waals surface area (Å²) in [5, 5.41) is 26.6. The van der Waals surface area contributed by atoms with E-state index >= 15 is 0 Å². The average Bonchev–Trinajstić information content (AvgIpc) is 2.47. The Hall–Kier alpha value is -1.00. The van der Waals surface area contributed by atoms with Crippen LogP contribution in [0.25, 0.3) is 0 Å². The zero-order chi connectivity index (χ0) is 14.4. The predicted molar refractivity (Wildman–Crippen MR) is 78.7 cm³/mol. The van der Waals surface area contributed by atoms with Crippen molar-refractivity contribution in [3.8, 4) is 5.75 Å². The second-order valence-electron chi connectivity index (χ2n) is 4.46. The molecule has 1 atom stereocenters. The summed E-state index contributed by atoms with van der Waals surface area (Å²) in [6.45, 7) is 0. The molecule has 1 heterocycles. The third-order valence-corrected chi connectivity index (χ3v) is 10.4. The fraction of sp³-hybridized carbons (Fsp3) is 0.385. The first-order valence-corrected chi connectivity index (χ1v) is 13.0. The quantitative estimate of drug-likeness (QED) is 0.300. The Balaban J connectivity index is 1.93. The Kier molecular flexibility index (Phi) is 5.92. The van der Waals surface area contributed by atoms with Crippen LogP contribution in [0.2, 0.25) is 10.6 Å². The number of nitrogens with zero attached hydrogens (tertiary/aromatic N) is 1. The monoisotopic (exact) mass is 408 g/mol. The molecule has 1 aliphatic heterocycles. The predicted octanol–water partition coefficient (Wildman–Crippen LogP) is 0.813. The number of hydrogen-bond acceptors (Lipinski definition) is 4. The van der Waals surface area contributed by atoms with Gasteiger partial charge in [0.1, 0.15) is 0 Å². The van der Waals surface area contributed by atoms with Crippen LogP contribution in [0.3, 0.4) is 0 Å². The van der Waals surface area contributed by atoms with Gasteiger partial charge in [0.05, 0.1) is 0 Å². The van der Waals surface area contributed by atoms with Gasteiger partial charge >= 0.3 is 129 Å². The second-order valence-corrected chi connectivity index (χ2v) is 12.1. The molecule has 1 aromatic carbocycles. The molecule has 0 aromatic heterocycles. The van der Waals surface area contributed by atoms with Crippen molar-refractivity contribution in [2.75, 3.05) is 0 Å². The molecule has 1 amide bonds. The van der Waals surface area contributed by atoms with Crippen LogP contribution in [0.4, 0.5) is 0 Å². The van der Waals surface area contributed by atoms with Gasteiger partial charge in [0.15, 0.2) is 0 Å². The van der Waals surface area contributed by atoms with Gasteiger partial charge in [-0.2, -0.15) is 0 Å². The van der Waals surface area contributed by atoms with Gasteiger partial charge in [-0.05, 0) is 0 Å². The Labute approximate surface area is 128 Å². The van der Waals surface area contributed by atoms with Crippen LogP contribution >= 0.6 is 0 Å². The molecule has 2 rings (SSSR count). The van der Waals surface area contributed by atoms with Crippen molar-refractivity contribution in [2.45, 2.75) is 29.5 Å². The van der Waals surface area contributed by atoms with Gasteiger partial charge in [0.2, 0.25) is 0 Å². The SMILES string of the molecule is O=C(NC1CC[Se][Se]C1)/C(Cc1ccc(O)cc1)=N/O. The van der Waals surface area contributed by atoms with Gasteiger partial charge in [-0.25, -0.2) is 0 Å². The summed E-state index contributed by atoms with van der Waals surface area (Å²) < 4.78 is 0. The molecule has 1 fully saturated rings. The van der Waals surface area contributed by atoms with E-state index in [4.69, 9.17) is 5.21 Å². The van der Waals surface area contributed by atoms with Gasteiger partial charge in [-0.1, -0.05) is 0 Å². The van der Waals surface area contributed by atoms with Crippen LogP contribution in [0.5, 0.6) is 5.75 Å². The summed E-state index contributed by atoms with van der Waals surface area (Å²) in [5.41, 5.74) is 0.932. The van der Waals surface area contributed by atoms with Crippen molar-refractivity contribution in [1.82, 2.24) is 5.32 Å². The van der Waals surface area contributed by atoms with E-state index in [1.165, 1.54) is 5.32 Å². The number of amides is 1. The molecule has 0 bridgehead atoms. The molecule has 0 radical (unpaired) electrons. The standard InChI is InChI=1S/C13H16N2O3Se2/c16-11-3-1-9(2-4-11)7-12(15-18)13(17)14-10-5-6-19-20-8-10/h1-4,10,16,18H,5-8H2,(H,14,17)/b15-12+. The molecule has 5 nitrogen and oxygen atoms in total. The molecule has 20 heavy (non-hydrogen) atoms. The number of benzene rings is 1. The van der Waals surface area contributed by atoms with Crippen molar-refractivity contribution in [3.05, 3.63) is 29.8 Å². The zero-order valence-corrected chi connectivity index (χ0v) is 14.2. The first-order chi connectivity index (χ1) is 9.69. The Morgan fingerprint density at radius 2 is 2.10 bits per heavy atom. The molecule has 7 heteroatoms.